The van der Waals surface area contributed by atoms with Crippen molar-refractivity contribution in [3.63, 3.8) is 0 Å². The molecule has 0 N–H and O–H groups in total. The molecule has 3 aromatic carbocycles. The summed E-state index contributed by atoms with van der Waals surface area (Å²) in [6, 6.07) is 15.8. The highest BCUT2D eigenvalue weighted by atomic mass is 32.2. The molecule has 0 radical (unpaired) electrons. The predicted molar refractivity (Wildman–Crippen MR) is 121 cm³/mol. The molecule has 0 amide bonds. The standard InChI is InChI=1S/C25H20FNO5S/c1-3-32-19-9-11-20(12-10-19)33(29,30)25-21-14-17(26)6-13-23(21)27-15-22(25)24(28)16-4-7-18(31-2)8-5-16/h4-15H,3H2,1-2H3. The smallest absolute Gasteiger partial charge is 0.208 e. The molecular weight excluding hydrogens is 445 g/mol. The van der Waals surface area contributed by atoms with E-state index in [4.69, 9.17) is 9.47 Å². The lowest BCUT2D eigenvalue weighted by Crippen LogP contribution is -2.13. The topological polar surface area (TPSA) is 82.6 Å². The lowest BCUT2D eigenvalue weighted by atomic mass is 10.0. The molecule has 0 saturated carbocycles. The number of fused-ring (bicyclic) bond motifs is 1. The Kier molecular flexibility index (Phi) is 6.11. The van der Waals surface area contributed by atoms with Gasteiger partial charge in [-0.15, -0.1) is 0 Å². The fourth-order valence-corrected chi connectivity index (χ4v) is 5.11. The average Bonchev–Trinajstić information content (AvgIpc) is 2.83. The Morgan fingerprint density at radius 2 is 1.64 bits per heavy atom. The van der Waals surface area contributed by atoms with Gasteiger partial charge < -0.3 is 9.47 Å². The number of ketones is 1. The van der Waals surface area contributed by atoms with Crippen LogP contribution in [0, 0.1) is 5.82 Å². The van der Waals surface area contributed by atoms with Gasteiger partial charge in [-0.3, -0.25) is 9.78 Å². The van der Waals surface area contributed by atoms with Crippen LogP contribution in [-0.2, 0) is 9.84 Å². The molecule has 0 unspecified atom stereocenters. The van der Waals surface area contributed by atoms with E-state index in [0.717, 1.165) is 6.07 Å². The molecule has 33 heavy (non-hydrogen) atoms. The van der Waals surface area contributed by atoms with E-state index >= 15 is 0 Å². The first-order chi connectivity index (χ1) is 15.8. The fraction of sp³-hybridized carbons (Fsp3) is 0.120. The first kappa shape index (κ1) is 22.4. The Bertz CT molecular complexity index is 1430. The molecule has 0 atom stereocenters. The second kappa shape index (κ2) is 8.99. The van der Waals surface area contributed by atoms with Gasteiger partial charge in [-0.1, -0.05) is 0 Å². The van der Waals surface area contributed by atoms with Gasteiger partial charge in [0.05, 0.1) is 34.6 Å². The van der Waals surface area contributed by atoms with Gasteiger partial charge in [0.25, 0.3) is 0 Å². The molecule has 6 nitrogen and oxygen atoms in total. The second-order valence-corrected chi connectivity index (χ2v) is 9.01. The summed E-state index contributed by atoms with van der Waals surface area (Å²) in [4.78, 5) is 17.2. The third kappa shape index (κ3) is 4.29. The van der Waals surface area contributed by atoms with Crippen molar-refractivity contribution in [2.75, 3.05) is 13.7 Å². The summed E-state index contributed by atoms with van der Waals surface area (Å²) in [6.07, 6.45) is 1.22. The van der Waals surface area contributed by atoms with Gasteiger partial charge >= 0.3 is 0 Å². The Morgan fingerprint density at radius 3 is 2.27 bits per heavy atom. The van der Waals surface area contributed by atoms with Crippen LogP contribution >= 0.6 is 0 Å². The maximum absolute atomic E-state index is 14.1. The highest BCUT2D eigenvalue weighted by Crippen LogP contribution is 2.33. The molecule has 0 aliphatic heterocycles. The van der Waals surface area contributed by atoms with Crippen LogP contribution in [-0.4, -0.2) is 32.9 Å². The minimum atomic E-state index is -4.22. The molecule has 4 aromatic rings. The number of aromatic nitrogens is 1. The van der Waals surface area contributed by atoms with E-state index in [1.165, 1.54) is 61.8 Å². The van der Waals surface area contributed by atoms with Crippen molar-refractivity contribution >= 4 is 26.5 Å². The normalized spacial score (nSPS) is 11.4. The average molecular weight is 466 g/mol. The zero-order valence-corrected chi connectivity index (χ0v) is 18.7. The molecule has 0 saturated heterocycles. The van der Waals surface area contributed by atoms with Crippen LogP contribution in [0.4, 0.5) is 4.39 Å². The SMILES string of the molecule is CCOc1ccc(S(=O)(=O)c2c(C(=O)c3ccc(OC)cc3)cnc3ccc(F)cc23)cc1. The Morgan fingerprint density at radius 1 is 0.970 bits per heavy atom. The summed E-state index contributed by atoms with van der Waals surface area (Å²) < 4.78 is 52.1. The summed E-state index contributed by atoms with van der Waals surface area (Å²) in [5.41, 5.74) is 0.357. The second-order valence-electron chi connectivity index (χ2n) is 7.13. The predicted octanol–water partition coefficient (Wildman–Crippen LogP) is 4.85. The number of hydrogen-bond donors (Lipinski definition) is 0. The number of methoxy groups -OCH3 is 1. The molecular formula is C25H20FNO5S. The number of benzene rings is 3. The van der Waals surface area contributed by atoms with Gasteiger partial charge in [0.1, 0.15) is 17.3 Å². The molecule has 0 bridgehead atoms. The van der Waals surface area contributed by atoms with Crippen molar-refractivity contribution in [2.45, 2.75) is 16.7 Å². The van der Waals surface area contributed by atoms with Crippen LogP contribution in [0.1, 0.15) is 22.8 Å². The van der Waals surface area contributed by atoms with Gasteiger partial charge in [0.2, 0.25) is 9.84 Å². The summed E-state index contributed by atoms with van der Waals surface area (Å²) >= 11 is 0. The number of rotatable bonds is 7. The van der Waals surface area contributed by atoms with Gasteiger partial charge in [-0.2, -0.15) is 0 Å². The van der Waals surface area contributed by atoms with Crippen LogP contribution < -0.4 is 9.47 Å². The number of carbonyl (C=O) groups excluding carboxylic acids is 1. The number of nitrogens with zero attached hydrogens (tertiary/aromatic N) is 1. The van der Waals surface area contributed by atoms with E-state index in [9.17, 15) is 17.6 Å². The van der Waals surface area contributed by atoms with E-state index in [0.29, 0.717) is 18.1 Å². The Hall–Kier alpha value is -3.78. The van der Waals surface area contributed by atoms with Crippen molar-refractivity contribution in [3.05, 3.63) is 89.9 Å². The van der Waals surface area contributed by atoms with Crippen LogP contribution in [0.2, 0.25) is 0 Å². The lowest BCUT2D eigenvalue weighted by molar-refractivity contribution is 0.103. The Balaban J connectivity index is 1.94. The first-order valence-corrected chi connectivity index (χ1v) is 11.6. The minimum absolute atomic E-state index is 0.0308. The van der Waals surface area contributed by atoms with Crippen LogP contribution in [0.25, 0.3) is 10.9 Å². The Labute approximate surface area is 190 Å². The lowest BCUT2D eigenvalue weighted by Gasteiger charge is -2.14. The van der Waals surface area contributed by atoms with Crippen molar-refractivity contribution in [1.29, 1.82) is 0 Å². The van der Waals surface area contributed by atoms with E-state index in [2.05, 4.69) is 4.98 Å². The maximum atomic E-state index is 14.1. The number of ether oxygens (including phenoxy) is 2. The quantitative estimate of drug-likeness (QED) is 0.363. The van der Waals surface area contributed by atoms with Crippen molar-refractivity contribution < 1.29 is 27.1 Å². The number of pyridine rings is 1. The molecule has 168 valence electrons. The first-order valence-electron chi connectivity index (χ1n) is 10.1. The molecule has 1 aromatic heterocycles. The molecule has 0 aliphatic carbocycles. The highest BCUT2D eigenvalue weighted by Gasteiger charge is 2.29. The third-order valence-electron chi connectivity index (χ3n) is 5.09. The van der Waals surface area contributed by atoms with E-state index in [1.54, 1.807) is 12.1 Å². The van der Waals surface area contributed by atoms with Crippen LogP contribution in [0.15, 0.2) is 82.7 Å². The van der Waals surface area contributed by atoms with E-state index in [-0.39, 0.29) is 31.8 Å². The van der Waals surface area contributed by atoms with Gasteiger partial charge in [0.15, 0.2) is 5.78 Å². The summed E-state index contributed by atoms with van der Waals surface area (Å²) in [7, 11) is -2.72. The largest absolute Gasteiger partial charge is 0.497 e. The molecule has 0 fully saturated rings. The van der Waals surface area contributed by atoms with Crippen molar-refractivity contribution in [3.8, 4) is 11.5 Å². The number of sulfone groups is 1. The number of hydrogen-bond acceptors (Lipinski definition) is 6. The monoisotopic (exact) mass is 465 g/mol. The number of halogens is 1. The van der Waals surface area contributed by atoms with Gasteiger partial charge in [0, 0.05) is 17.1 Å². The van der Waals surface area contributed by atoms with E-state index in [1.807, 2.05) is 6.92 Å². The molecule has 8 heteroatoms. The van der Waals surface area contributed by atoms with Gasteiger partial charge in [-0.25, -0.2) is 12.8 Å². The molecule has 0 aliphatic rings. The van der Waals surface area contributed by atoms with Crippen molar-refractivity contribution in [1.82, 2.24) is 4.98 Å². The molecule has 0 spiro atoms. The molecule has 4 rings (SSSR count). The fourth-order valence-electron chi connectivity index (χ4n) is 3.49. The zero-order chi connectivity index (χ0) is 23.6. The van der Waals surface area contributed by atoms with Crippen LogP contribution in [0.3, 0.4) is 0 Å². The molecule has 1 heterocycles. The summed E-state index contributed by atoms with van der Waals surface area (Å²) in [5.74, 6) is -0.133. The minimum Gasteiger partial charge on any atom is -0.497 e. The van der Waals surface area contributed by atoms with Gasteiger partial charge in [-0.05, 0) is 73.7 Å². The van der Waals surface area contributed by atoms with E-state index < -0.39 is 21.4 Å². The van der Waals surface area contributed by atoms with Crippen molar-refractivity contribution in [2.24, 2.45) is 0 Å². The summed E-state index contributed by atoms with van der Waals surface area (Å²) in [5, 5.41) is 0.0308. The highest BCUT2D eigenvalue weighted by molar-refractivity contribution is 7.91. The third-order valence-corrected chi connectivity index (χ3v) is 6.96. The number of carbonyl (C=O) groups is 1. The zero-order valence-electron chi connectivity index (χ0n) is 17.9. The summed E-state index contributed by atoms with van der Waals surface area (Å²) in [6.45, 7) is 2.25. The van der Waals surface area contributed by atoms with Crippen LogP contribution in [0.5, 0.6) is 11.5 Å². The maximum Gasteiger partial charge on any atom is 0.208 e.